The first kappa shape index (κ1) is 24.7. The van der Waals surface area contributed by atoms with Crippen LogP contribution in [0.15, 0.2) is 83.8 Å². The maximum Gasteiger partial charge on any atom is 0.258 e. The van der Waals surface area contributed by atoms with Gasteiger partial charge in [-0.1, -0.05) is 42.5 Å². The molecular formula is C25H28N2O4S2. The van der Waals surface area contributed by atoms with Crippen LogP contribution in [-0.2, 0) is 21.4 Å². The second-order valence-electron chi connectivity index (χ2n) is 7.60. The lowest BCUT2D eigenvalue weighted by Gasteiger charge is -2.23. The molecule has 0 aliphatic carbocycles. The summed E-state index contributed by atoms with van der Waals surface area (Å²) in [6.07, 6.45) is 3.20. The van der Waals surface area contributed by atoms with Gasteiger partial charge in [-0.25, -0.2) is 8.42 Å². The Labute approximate surface area is 200 Å². The largest absolute Gasteiger partial charge is 0.484 e. The number of amides is 1. The van der Waals surface area contributed by atoms with E-state index >= 15 is 0 Å². The summed E-state index contributed by atoms with van der Waals surface area (Å²) in [6, 6.07) is 24.0. The summed E-state index contributed by atoms with van der Waals surface area (Å²) in [6.45, 7) is 2.03. The highest BCUT2D eigenvalue weighted by Crippen LogP contribution is 2.24. The van der Waals surface area contributed by atoms with Crippen LogP contribution in [0.25, 0.3) is 0 Å². The number of sulfonamides is 1. The van der Waals surface area contributed by atoms with Gasteiger partial charge in [0, 0.05) is 4.90 Å². The molecule has 6 nitrogen and oxygen atoms in total. The third kappa shape index (κ3) is 7.27. The molecule has 0 aliphatic heterocycles. The number of hydrogen-bond donors (Lipinski definition) is 1. The monoisotopic (exact) mass is 484 g/mol. The van der Waals surface area contributed by atoms with E-state index in [4.69, 9.17) is 4.74 Å². The molecular weight excluding hydrogens is 456 g/mol. The normalized spacial score (nSPS) is 12.1. The molecule has 33 heavy (non-hydrogen) atoms. The van der Waals surface area contributed by atoms with Gasteiger partial charge in [0.1, 0.15) is 5.75 Å². The number of benzene rings is 3. The van der Waals surface area contributed by atoms with Crippen molar-refractivity contribution in [3.63, 3.8) is 0 Å². The Hall–Kier alpha value is -2.97. The van der Waals surface area contributed by atoms with E-state index in [0.29, 0.717) is 11.4 Å². The van der Waals surface area contributed by atoms with E-state index in [9.17, 15) is 13.2 Å². The van der Waals surface area contributed by atoms with Crippen LogP contribution in [-0.4, -0.2) is 33.4 Å². The molecule has 3 aromatic carbocycles. The Morgan fingerprint density at radius 3 is 2.21 bits per heavy atom. The molecule has 8 heteroatoms. The maximum atomic E-state index is 12.3. The number of hydrogen-bond acceptors (Lipinski definition) is 5. The molecule has 0 unspecified atom stereocenters. The number of nitrogens with one attached hydrogen (secondary N) is 1. The van der Waals surface area contributed by atoms with E-state index in [1.54, 1.807) is 36.0 Å². The molecule has 0 heterocycles. The molecule has 3 aromatic rings. The Bertz CT molecular complexity index is 1150. The van der Waals surface area contributed by atoms with Crippen molar-refractivity contribution in [1.29, 1.82) is 0 Å². The standard InChI is InChI=1S/C25H28N2O4S2/c1-19(21-9-15-24(32-2)16-10-21)26-25(28)18-31-23-13-11-22(12-14-23)27(33(3,29)30)17-20-7-5-4-6-8-20/h4-16,19H,17-18H2,1-3H3,(H,26,28)/t19-/m0/s1. The molecule has 1 N–H and O–H groups in total. The van der Waals surface area contributed by atoms with Crippen LogP contribution in [0, 0.1) is 0 Å². The van der Waals surface area contributed by atoms with Crippen molar-refractivity contribution in [2.45, 2.75) is 24.4 Å². The smallest absolute Gasteiger partial charge is 0.258 e. The lowest BCUT2D eigenvalue weighted by atomic mass is 10.1. The first-order valence-electron chi connectivity index (χ1n) is 10.4. The lowest BCUT2D eigenvalue weighted by Crippen LogP contribution is -2.31. The predicted octanol–water partition coefficient (Wildman–Crippen LogP) is 4.63. The van der Waals surface area contributed by atoms with Crippen LogP contribution in [0.1, 0.15) is 24.1 Å². The van der Waals surface area contributed by atoms with Crippen LogP contribution in [0.4, 0.5) is 5.69 Å². The van der Waals surface area contributed by atoms with Crippen molar-refractivity contribution in [2.24, 2.45) is 0 Å². The number of thioether (sulfide) groups is 1. The highest BCUT2D eigenvalue weighted by molar-refractivity contribution is 7.98. The summed E-state index contributed by atoms with van der Waals surface area (Å²) in [7, 11) is -3.47. The van der Waals surface area contributed by atoms with Crippen LogP contribution in [0.5, 0.6) is 5.75 Å². The molecule has 0 saturated heterocycles. The van der Waals surface area contributed by atoms with Gasteiger partial charge < -0.3 is 10.1 Å². The van der Waals surface area contributed by atoms with Crippen molar-refractivity contribution in [3.8, 4) is 5.75 Å². The molecule has 0 aliphatic rings. The summed E-state index contributed by atoms with van der Waals surface area (Å²) >= 11 is 1.67. The van der Waals surface area contributed by atoms with E-state index in [1.165, 1.54) is 15.5 Å². The zero-order chi connectivity index (χ0) is 23.8. The number of ether oxygens (including phenoxy) is 1. The highest BCUT2D eigenvalue weighted by atomic mass is 32.2. The van der Waals surface area contributed by atoms with E-state index in [2.05, 4.69) is 5.32 Å². The molecule has 0 saturated carbocycles. The van der Waals surface area contributed by atoms with E-state index in [1.807, 2.05) is 67.8 Å². The van der Waals surface area contributed by atoms with Crippen LogP contribution in [0.2, 0.25) is 0 Å². The van der Waals surface area contributed by atoms with E-state index < -0.39 is 10.0 Å². The Balaban J connectivity index is 1.58. The fourth-order valence-corrected chi connectivity index (χ4v) is 4.56. The van der Waals surface area contributed by atoms with Gasteiger partial charge in [0.25, 0.3) is 5.91 Å². The second-order valence-corrected chi connectivity index (χ2v) is 10.4. The summed E-state index contributed by atoms with van der Waals surface area (Å²) in [5.74, 6) is 0.251. The minimum atomic E-state index is -3.47. The van der Waals surface area contributed by atoms with E-state index in [0.717, 1.165) is 11.1 Å². The maximum absolute atomic E-state index is 12.3. The van der Waals surface area contributed by atoms with E-state index in [-0.39, 0.29) is 25.1 Å². The van der Waals surface area contributed by atoms with Crippen molar-refractivity contribution in [1.82, 2.24) is 5.32 Å². The average molecular weight is 485 g/mol. The average Bonchev–Trinajstić information content (AvgIpc) is 2.81. The highest BCUT2D eigenvalue weighted by Gasteiger charge is 2.18. The fraction of sp³-hybridized carbons (Fsp3) is 0.240. The first-order valence-corrected chi connectivity index (χ1v) is 13.5. The second kappa shape index (κ2) is 11.2. The molecule has 0 fully saturated rings. The Morgan fingerprint density at radius 2 is 1.64 bits per heavy atom. The zero-order valence-corrected chi connectivity index (χ0v) is 20.5. The Kier molecular flexibility index (Phi) is 8.41. The topological polar surface area (TPSA) is 75.7 Å². The van der Waals surface area contributed by atoms with Gasteiger partial charge in [-0.15, -0.1) is 11.8 Å². The minimum Gasteiger partial charge on any atom is -0.484 e. The summed E-state index contributed by atoms with van der Waals surface area (Å²) in [5.41, 5.74) is 2.43. The van der Waals surface area contributed by atoms with Crippen molar-refractivity contribution in [2.75, 3.05) is 23.4 Å². The number of carbonyl (C=O) groups is 1. The molecule has 0 spiro atoms. The van der Waals surface area contributed by atoms with Crippen molar-refractivity contribution < 1.29 is 17.9 Å². The number of nitrogens with zero attached hydrogens (tertiary/aromatic N) is 1. The first-order chi connectivity index (χ1) is 15.8. The van der Waals surface area contributed by atoms with Crippen LogP contribution >= 0.6 is 11.8 Å². The predicted molar refractivity (Wildman–Crippen MR) is 134 cm³/mol. The lowest BCUT2D eigenvalue weighted by molar-refractivity contribution is -0.123. The summed E-state index contributed by atoms with van der Waals surface area (Å²) in [4.78, 5) is 13.5. The zero-order valence-electron chi connectivity index (χ0n) is 18.9. The van der Waals surface area contributed by atoms with Gasteiger partial charge >= 0.3 is 0 Å². The molecule has 0 bridgehead atoms. The molecule has 3 rings (SSSR count). The number of carbonyl (C=O) groups excluding carboxylic acids is 1. The molecule has 1 atom stereocenters. The summed E-state index contributed by atoms with van der Waals surface area (Å²) in [5, 5.41) is 2.92. The summed E-state index contributed by atoms with van der Waals surface area (Å²) < 4.78 is 31.6. The van der Waals surface area contributed by atoms with Gasteiger partial charge in [-0.05, 0) is 60.7 Å². The number of rotatable bonds is 10. The van der Waals surface area contributed by atoms with Gasteiger partial charge in [-0.3, -0.25) is 9.10 Å². The van der Waals surface area contributed by atoms with Crippen molar-refractivity contribution in [3.05, 3.63) is 90.0 Å². The van der Waals surface area contributed by atoms with Gasteiger partial charge in [0.05, 0.1) is 24.5 Å². The van der Waals surface area contributed by atoms with Gasteiger partial charge in [0.2, 0.25) is 10.0 Å². The SMILES string of the molecule is CSc1ccc([C@H](C)NC(=O)COc2ccc(N(Cc3ccccc3)S(C)(=O)=O)cc2)cc1. The quantitative estimate of drug-likeness (QED) is 0.425. The fourth-order valence-electron chi connectivity index (χ4n) is 3.27. The Morgan fingerprint density at radius 1 is 1.00 bits per heavy atom. The van der Waals surface area contributed by atoms with Crippen LogP contribution < -0.4 is 14.4 Å². The molecule has 0 aromatic heterocycles. The van der Waals surface area contributed by atoms with Gasteiger partial charge in [0.15, 0.2) is 6.61 Å². The third-order valence-corrected chi connectivity index (χ3v) is 6.94. The van der Waals surface area contributed by atoms with Crippen molar-refractivity contribution >= 4 is 33.4 Å². The number of anilines is 1. The molecule has 1 amide bonds. The molecule has 0 radical (unpaired) electrons. The minimum absolute atomic E-state index is 0.133. The third-order valence-electron chi connectivity index (χ3n) is 5.06. The van der Waals surface area contributed by atoms with Gasteiger partial charge in [-0.2, -0.15) is 0 Å². The molecule has 174 valence electrons. The van der Waals surface area contributed by atoms with Crippen LogP contribution in [0.3, 0.4) is 0 Å².